The fraction of sp³-hybridized carbons (Fsp3) is 0.150. The molecule has 2 N–H and O–H groups in total. The number of nitrogens with zero attached hydrogens (tertiary/aromatic N) is 1. The lowest BCUT2D eigenvalue weighted by Crippen LogP contribution is -2.20. The van der Waals surface area contributed by atoms with Crippen LogP contribution in [0.5, 0.6) is 5.75 Å². The number of amides is 1. The summed E-state index contributed by atoms with van der Waals surface area (Å²) >= 11 is 6.66. The molecule has 14 heteroatoms. The largest absolute Gasteiger partial charge is 0.495 e. The smallest absolute Gasteiger partial charge is 0.418 e. The normalized spacial score (nSPS) is 11.8. The van der Waals surface area contributed by atoms with Crippen molar-refractivity contribution in [3.8, 4) is 5.75 Å². The first-order chi connectivity index (χ1) is 15.9. The topological polar surface area (TPSA) is 118 Å². The molecule has 0 bridgehead atoms. The average molecular weight is 534 g/mol. The Balaban J connectivity index is 1.73. The lowest BCUT2D eigenvalue weighted by atomic mass is 10.1. The number of thioether (sulfide) groups is 1. The van der Waals surface area contributed by atoms with Crippen molar-refractivity contribution < 1.29 is 31.1 Å². The standard InChI is InChI=1S/C20H15ClF3N3O5S2/c1-32-15-7-6-11(8-13(15)21)34(30,31)16-9-25-19(27-18(16)29)33-10-17(28)26-14-5-3-2-4-12(14)20(22,23)24/h2-9H,10H2,1H3,(H,26,28)(H,25,27,29). The zero-order chi connectivity index (χ0) is 25.1. The van der Waals surface area contributed by atoms with Gasteiger partial charge in [0.1, 0.15) is 5.75 Å². The number of sulfone groups is 1. The maximum atomic E-state index is 13.0. The fourth-order valence-electron chi connectivity index (χ4n) is 2.73. The highest BCUT2D eigenvalue weighted by Gasteiger charge is 2.33. The van der Waals surface area contributed by atoms with Gasteiger partial charge in [-0.2, -0.15) is 13.2 Å². The molecule has 1 heterocycles. The van der Waals surface area contributed by atoms with Crippen molar-refractivity contribution in [3.63, 3.8) is 0 Å². The van der Waals surface area contributed by atoms with Crippen LogP contribution >= 0.6 is 23.4 Å². The third kappa shape index (κ3) is 5.72. The number of ether oxygens (including phenoxy) is 1. The van der Waals surface area contributed by atoms with Crippen LogP contribution in [-0.4, -0.2) is 37.2 Å². The molecule has 0 aliphatic carbocycles. The van der Waals surface area contributed by atoms with Crippen LogP contribution in [0.2, 0.25) is 5.02 Å². The Labute approximate surface area is 200 Å². The van der Waals surface area contributed by atoms with E-state index in [9.17, 15) is 31.2 Å². The Kier molecular flexibility index (Phi) is 7.58. The third-order valence-corrected chi connectivity index (χ3v) is 7.24. The summed E-state index contributed by atoms with van der Waals surface area (Å²) in [6.45, 7) is 0. The average Bonchev–Trinajstić information content (AvgIpc) is 2.77. The van der Waals surface area contributed by atoms with Crippen LogP contribution in [0.25, 0.3) is 0 Å². The zero-order valence-electron chi connectivity index (χ0n) is 17.1. The second-order valence-electron chi connectivity index (χ2n) is 6.56. The summed E-state index contributed by atoms with van der Waals surface area (Å²) in [4.78, 5) is 29.7. The molecule has 1 aromatic heterocycles. The van der Waals surface area contributed by atoms with Crippen LogP contribution < -0.4 is 15.6 Å². The second kappa shape index (κ2) is 10.1. The van der Waals surface area contributed by atoms with Crippen LogP contribution in [0.3, 0.4) is 0 Å². The molecule has 0 radical (unpaired) electrons. The molecule has 0 spiro atoms. The number of aromatic nitrogens is 2. The molecule has 2 aromatic carbocycles. The van der Waals surface area contributed by atoms with Crippen molar-refractivity contribution >= 4 is 44.8 Å². The fourth-order valence-corrected chi connectivity index (χ4v) is 4.95. The van der Waals surface area contributed by atoms with Crippen LogP contribution in [-0.2, 0) is 20.8 Å². The first kappa shape index (κ1) is 25.6. The molecule has 180 valence electrons. The number of hydrogen-bond donors (Lipinski definition) is 2. The van der Waals surface area contributed by atoms with Crippen molar-refractivity contribution in [1.82, 2.24) is 9.97 Å². The number of H-pyrrole nitrogens is 1. The zero-order valence-corrected chi connectivity index (χ0v) is 19.5. The van der Waals surface area contributed by atoms with E-state index in [2.05, 4.69) is 15.3 Å². The maximum absolute atomic E-state index is 13.0. The third-order valence-electron chi connectivity index (χ3n) is 4.31. The molecule has 0 saturated heterocycles. The number of carbonyl (C=O) groups is 1. The summed E-state index contributed by atoms with van der Waals surface area (Å²) in [5.41, 5.74) is -2.41. The molecule has 0 unspecified atom stereocenters. The van der Waals surface area contributed by atoms with Crippen LogP contribution in [0, 0.1) is 0 Å². The van der Waals surface area contributed by atoms with Gasteiger partial charge in [-0.1, -0.05) is 35.5 Å². The van der Waals surface area contributed by atoms with Gasteiger partial charge in [-0.05, 0) is 30.3 Å². The lowest BCUT2D eigenvalue weighted by Gasteiger charge is -2.13. The summed E-state index contributed by atoms with van der Waals surface area (Å²) in [6, 6.07) is 8.14. The van der Waals surface area contributed by atoms with Gasteiger partial charge in [0.25, 0.3) is 5.56 Å². The van der Waals surface area contributed by atoms with Gasteiger partial charge >= 0.3 is 6.18 Å². The molecule has 0 aliphatic heterocycles. The minimum absolute atomic E-state index is 0.0262. The van der Waals surface area contributed by atoms with Gasteiger partial charge in [-0.15, -0.1) is 0 Å². The van der Waals surface area contributed by atoms with E-state index in [0.717, 1.165) is 24.4 Å². The quantitative estimate of drug-likeness (QED) is 0.348. The van der Waals surface area contributed by atoms with Crippen molar-refractivity contribution in [2.75, 3.05) is 18.2 Å². The molecule has 3 aromatic rings. The maximum Gasteiger partial charge on any atom is 0.418 e. The molecular weight excluding hydrogens is 519 g/mol. The number of hydrogen-bond acceptors (Lipinski definition) is 7. The molecule has 3 rings (SSSR count). The highest BCUT2D eigenvalue weighted by Crippen LogP contribution is 2.34. The number of alkyl halides is 3. The number of anilines is 1. The highest BCUT2D eigenvalue weighted by atomic mass is 35.5. The van der Waals surface area contributed by atoms with Gasteiger partial charge in [0.2, 0.25) is 15.7 Å². The van der Waals surface area contributed by atoms with Gasteiger partial charge in [-0.25, -0.2) is 13.4 Å². The summed E-state index contributed by atoms with van der Waals surface area (Å²) in [5, 5.41) is 2.08. The van der Waals surface area contributed by atoms with E-state index >= 15 is 0 Å². The summed E-state index contributed by atoms with van der Waals surface area (Å²) in [6.07, 6.45) is -3.83. The van der Waals surface area contributed by atoms with E-state index in [1.165, 1.54) is 31.4 Å². The predicted octanol–water partition coefficient (Wildman–Crippen LogP) is 4.01. The van der Waals surface area contributed by atoms with Gasteiger partial charge in [0, 0.05) is 0 Å². The first-order valence-electron chi connectivity index (χ1n) is 9.20. The summed E-state index contributed by atoms with van der Waals surface area (Å²) < 4.78 is 69.6. The number of nitrogens with one attached hydrogen (secondary N) is 2. The molecule has 34 heavy (non-hydrogen) atoms. The number of methoxy groups -OCH3 is 1. The Hall–Kier alpha value is -3.03. The Morgan fingerprint density at radius 3 is 2.56 bits per heavy atom. The predicted molar refractivity (Wildman–Crippen MR) is 119 cm³/mol. The number of halogens is 4. The number of rotatable bonds is 7. The van der Waals surface area contributed by atoms with E-state index in [4.69, 9.17) is 16.3 Å². The van der Waals surface area contributed by atoms with E-state index in [-0.39, 0.29) is 20.8 Å². The molecule has 0 atom stereocenters. The Bertz CT molecular complexity index is 1390. The Morgan fingerprint density at radius 2 is 1.94 bits per heavy atom. The van der Waals surface area contributed by atoms with Crippen molar-refractivity contribution in [2.45, 2.75) is 21.1 Å². The monoisotopic (exact) mass is 533 g/mol. The van der Waals surface area contributed by atoms with Gasteiger partial charge in [0.15, 0.2) is 10.1 Å². The van der Waals surface area contributed by atoms with Gasteiger partial charge in [-0.3, -0.25) is 9.59 Å². The van der Waals surface area contributed by atoms with Gasteiger partial charge < -0.3 is 15.0 Å². The summed E-state index contributed by atoms with van der Waals surface area (Å²) in [5.74, 6) is -0.931. The molecule has 0 saturated carbocycles. The first-order valence-corrected chi connectivity index (χ1v) is 12.0. The number of aromatic amines is 1. The molecule has 8 nitrogen and oxygen atoms in total. The lowest BCUT2D eigenvalue weighted by molar-refractivity contribution is -0.137. The van der Waals surface area contributed by atoms with Crippen molar-refractivity contribution in [3.05, 3.63) is 69.6 Å². The number of benzene rings is 2. The van der Waals surface area contributed by atoms with Crippen molar-refractivity contribution in [1.29, 1.82) is 0 Å². The molecular formula is C20H15ClF3N3O5S2. The second-order valence-corrected chi connectivity index (χ2v) is 9.85. The van der Waals surface area contributed by atoms with E-state index in [1.807, 2.05) is 0 Å². The SMILES string of the molecule is COc1ccc(S(=O)(=O)c2cnc(SCC(=O)Nc3ccccc3C(F)(F)F)[nH]c2=O)cc1Cl. The number of carbonyl (C=O) groups excluding carboxylic acids is 1. The highest BCUT2D eigenvalue weighted by molar-refractivity contribution is 7.99. The minimum atomic E-state index is -4.65. The van der Waals surface area contributed by atoms with E-state index in [0.29, 0.717) is 11.8 Å². The Morgan fingerprint density at radius 1 is 1.24 bits per heavy atom. The van der Waals surface area contributed by atoms with Crippen LogP contribution in [0.15, 0.2) is 68.4 Å². The van der Waals surface area contributed by atoms with Crippen LogP contribution in [0.1, 0.15) is 5.56 Å². The molecule has 0 aliphatic rings. The van der Waals surface area contributed by atoms with E-state index in [1.54, 1.807) is 0 Å². The van der Waals surface area contributed by atoms with Crippen molar-refractivity contribution in [2.24, 2.45) is 0 Å². The van der Waals surface area contributed by atoms with Crippen LogP contribution in [0.4, 0.5) is 18.9 Å². The van der Waals surface area contributed by atoms with E-state index < -0.39 is 49.4 Å². The minimum Gasteiger partial charge on any atom is -0.495 e. The summed E-state index contributed by atoms with van der Waals surface area (Å²) in [7, 11) is -2.91. The molecule has 1 amide bonds. The number of para-hydroxylation sites is 1. The van der Waals surface area contributed by atoms with Gasteiger partial charge in [0.05, 0.1) is 40.2 Å². The molecule has 0 fully saturated rings.